The number of rotatable bonds is 8. The summed E-state index contributed by atoms with van der Waals surface area (Å²) in [6.45, 7) is 0. The van der Waals surface area contributed by atoms with Gasteiger partial charge in [0, 0.05) is 23.6 Å². The molecule has 2 aromatic carbocycles. The van der Waals surface area contributed by atoms with E-state index in [0.29, 0.717) is 23.2 Å². The lowest BCUT2D eigenvalue weighted by molar-refractivity contribution is -0.140. The minimum absolute atomic E-state index is 0.0561. The number of carboxylic acid groups (broad SMARTS) is 1. The van der Waals surface area contributed by atoms with E-state index < -0.39 is 17.9 Å². The van der Waals surface area contributed by atoms with Gasteiger partial charge in [0.2, 0.25) is 0 Å². The van der Waals surface area contributed by atoms with Gasteiger partial charge in [-0.05, 0) is 35.4 Å². The number of carbonyl (C=O) groups is 2. The van der Waals surface area contributed by atoms with Crippen molar-refractivity contribution < 1.29 is 24.2 Å². The highest BCUT2D eigenvalue weighted by atomic mass is 16.5. The largest absolute Gasteiger partial charge is 0.497 e. The number of H-pyrrole nitrogens is 2. The fourth-order valence-electron chi connectivity index (χ4n) is 3.35. The number of nitrogens with one attached hydrogen (secondary N) is 2. The van der Waals surface area contributed by atoms with Crippen LogP contribution in [0, 0.1) is 0 Å². The molecule has 0 aliphatic carbocycles. The molecular weight excluding hydrogens is 388 g/mol. The summed E-state index contributed by atoms with van der Waals surface area (Å²) in [7, 11) is 2.87. The van der Waals surface area contributed by atoms with Crippen molar-refractivity contribution in [1.29, 1.82) is 0 Å². The maximum atomic E-state index is 12.6. The number of hydrogen-bond donors (Lipinski definition) is 3. The van der Waals surface area contributed by atoms with Crippen LogP contribution in [0.2, 0.25) is 0 Å². The normalized spacial score (nSPS) is 11.7. The van der Waals surface area contributed by atoms with E-state index in [1.807, 2.05) is 24.3 Å². The van der Waals surface area contributed by atoms with Crippen LogP contribution in [0.3, 0.4) is 0 Å². The molecular formula is C22H22N2O6. The Labute approximate surface area is 172 Å². The number of benzene rings is 2. The molecule has 1 atom stereocenters. The van der Waals surface area contributed by atoms with Crippen molar-refractivity contribution in [2.75, 3.05) is 14.2 Å². The first kappa shape index (κ1) is 20.9. The number of esters is 1. The monoisotopic (exact) mass is 410 g/mol. The summed E-state index contributed by atoms with van der Waals surface area (Å²) in [4.78, 5) is 35.9. The van der Waals surface area contributed by atoms with Crippen molar-refractivity contribution in [1.82, 2.24) is 10.2 Å². The fourth-order valence-corrected chi connectivity index (χ4v) is 3.35. The molecule has 156 valence electrons. The molecule has 3 aromatic rings. The highest BCUT2D eigenvalue weighted by Crippen LogP contribution is 2.29. The van der Waals surface area contributed by atoms with Crippen molar-refractivity contribution in [3.05, 3.63) is 86.8 Å². The van der Waals surface area contributed by atoms with Gasteiger partial charge in [-0.15, -0.1) is 0 Å². The van der Waals surface area contributed by atoms with E-state index in [9.17, 15) is 14.4 Å². The average Bonchev–Trinajstić information content (AvgIpc) is 3.12. The topological polar surface area (TPSA) is 121 Å². The molecule has 3 N–H and O–H groups in total. The second-order valence-electron chi connectivity index (χ2n) is 6.76. The molecule has 0 amide bonds. The van der Waals surface area contributed by atoms with Crippen LogP contribution in [0.5, 0.6) is 5.75 Å². The minimum atomic E-state index is -1.05. The van der Waals surface area contributed by atoms with E-state index in [-0.39, 0.29) is 17.5 Å². The Bertz CT molecular complexity index is 1080. The fraction of sp³-hybridized carbons (Fsp3) is 0.227. The standard InChI is InChI=1S/C22H22N2O6/c1-29-16-9-3-13(4-10-16)11-18-20(21(26)24-23-18)17(12-19(25)30-2)14-5-7-15(8-6-14)22(27)28/h3-10,17H,11-12H2,1-2H3,(H,27,28)(H2,23,24,26)/t17-/m0/s1. The summed E-state index contributed by atoms with van der Waals surface area (Å²) >= 11 is 0. The van der Waals surface area contributed by atoms with Crippen LogP contribution in [0.4, 0.5) is 0 Å². The van der Waals surface area contributed by atoms with E-state index in [4.69, 9.17) is 14.6 Å². The molecule has 0 saturated carbocycles. The van der Waals surface area contributed by atoms with Crippen molar-refractivity contribution in [3.63, 3.8) is 0 Å². The lowest BCUT2D eigenvalue weighted by Crippen LogP contribution is -2.18. The van der Waals surface area contributed by atoms with Gasteiger partial charge in [0.05, 0.1) is 26.2 Å². The molecule has 0 aliphatic rings. The van der Waals surface area contributed by atoms with Crippen LogP contribution in [0.25, 0.3) is 0 Å². The number of hydrogen-bond acceptors (Lipinski definition) is 5. The van der Waals surface area contributed by atoms with Crippen LogP contribution >= 0.6 is 0 Å². The molecule has 30 heavy (non-hydrogen) atoms. The molecule has 0 saturated heterocycles. The quantitative estimate of drug-likeness (QED) is 0.491. The zero-order valence-electron chi connectivity index (χ0n) is 16.6. The van der Waals surface area contributed by atoms with Gasteiger partial charge in [-0.2, -0.15) is 0 Å². The van der Waals surface area contributed by atoms with Gasteiger partial charge in [0.15, 0.2) is 0 Å². The molecule has 0 unspecified atom stereocenters. The first-order valence-electron chi connectivity index (χ1n) is 9.25. The molecule has 0 aliphatic heterocycles. The molecule has 1 heterocycles. The van der Waals surface area contributed by atoms with Gasteiger partial charge in [-0.25, -0.2) is 4.79 Å². The number of ether oxygens (including phenoxy) is 2. The lowest BCUT2D eigenvalue weighted by Gasteiger charge is -2.16. The summed E-state index contributed by atoms with van der Waals surface area (Å²) in [5.41, 5.74) is 2.43. The van der Waals surface area contributed by atoms with Crippen LogP contribution in [-0.2, 0) is 16.0 Å². The lowest BCUT2D eigenvalue weighted by atomic mass is 9.87. The number of aromatic carboxylic acids is 1. The number of aromatic amines is 2. The first-order chi connectivity index (χ1) is 14.4. The Morgan fingerprint density at radius 1 is 1.00 bits per heavy atom. The number of methoxy groups -OCH3 is 2. The molecule has 0 bridgehead atoms. The zero-order valence-corrected chi connectivity index (χ0v) is 16.6. The molecule has 0 spiro atoms. The smallest absolute Gasteiger partial charge is 0.335 e. The second kappa shape index (κ2) is 9.13. The Morgan fingerprint density at radius 2 is 1.67 bits per heavy atom. The third-order valence-electron chi connectivity index (χ3n) is 4.94. The maximum Gasteiger partial charge on any atom is 0.335 e. The predicted molar refractivity (Wildman–Crippen MR) is 109 cm³/mol. The van der Waals surface area contributed by atoms with Crippen molar-refractivity contribution in [2.45, 2.75) is 18.8 Å². The van der Waals surface area contributed by atoms with E-state index in [1.54, 1.807) is 19.2 Å². The van der Waals surface area contributed by atoms with Gasteiger partial charge >= 0.3 is 11.9 Å². The van der Waals surface area contributed by atoms with Crippen molar-refractivity contribution in [2.24, 2.45) is 0 Å². The third kappa shape index (κ3) is 4.60. The summed E-state index contributed by atoms with van der Waals surface area (Å²) < 4.78 is 9.99. The van der Waals surface area contributed by atoms with Crippen LogP contribution < -0.4 is 10.3 Å². The van der Waals surface area contributed by atoms with Gasteiger partial charge in [-0.1, -0.05) is 24.3 Å². The van der Waals surface area contributed by atoms with Gasteiger partial charge in [-0.3, -0.25) is 14.7 Å². The number of aromatic nitrogens is 2. The van der Waals surface area contributed by atoms with Crippen LogP contribution in [-0.4, -0.2) is 41.5 Å². The molecule has 8 heteroatoms. The Morgan fingerprint density at radius 3 is 2.23 bits per heavy atom. The number of carboxylic acids is 1. The summed E-state index contributed by atoms with van der Waals surface area (Å²) in [6, 6.07) is 13.6. The molecule has 0 radical (unpaired) electrons. The summed E-state index contributed by atoms with van der Waals surface area (Å²) in [5, 5.41) is 14.6. The van der Waals surface area contributed by atoms with Gasteiger partial charge in [0.25, 0.3) is 5.56 Å². The van der Waals surface area contributed by atoms with Gasteiger partial charge < -0.3 is 19.7 Å². The van der Waals surface area contributed by atoms with E-state index in [1.165, 1.54) is 19.2 Å². The minimum Gasteiger partial charge on any atom is -0.497 e. The third-order valence-corrected chi connectivity index (χ3v) is 4.94. The highest BCUT2D eigenvalue weighted by molar-refractivity contribution is 5.87. The van der Waals surface area contributed by atoms with E-state index >= 15 is 0 Å². The Kier molecular flexibility index (Phi) is 6.36. The Hall–Kier alpha value is -3.81. The van der Waals surface area contributed by atoms with Crippen LogP contribution in [0.15, 0.2) is 53.3 Å². The molecule has 3 rings (SSSR count). The molecule has 8 nitrogen and oxygen atoms in total. The van der Waals surface area contributed by atoms with Crippen LogP contribution in [0.1, 0.15) is 45.1 Å². The SMILES string of the molecule is COC(=O)C[C@@H](c1ccc(C(=O)O)cc1)c1c(Cc2ccc(OC)cc2)[nH][nH]c1=O. The van der Waals surface area contributed by atoms with Crippen molar-refractivity contribution >= 4 is 11.9 Å². The summed E-state index contributed by atoms with van der Waals surface area (Å²) in [6.07, 6.45) is 0.377. The van der Waals surface area contributed by atoms with E-state index in [2.05, 4.69) is 10.2 Å². The Balaban J connectivity index is 2.00. The zero-order chi connectivity index (χ0) is 21.7. The second-order valence-corrected chi connectivity index (χ2v) is 6.76. The average molecular weight is 410 g/mol. The molecule has 1 aromatic heterocycles. The first-order valence-corrected chi connectivity index (χ1v) is 9.25. The molecule has 0 fully saturated rings. The summed E-state index contributed by atoms with van der Waals surface area (Å²) in [5.74, 6) is -1.39. The van der Waals surface area contributed by atoms with E-state index in [0.717, 1.165) is 11.3 Å². The number of carbonyl (C=O) groups excluding carboxylic acids is 1. The van der Waals surface area contributed by atoms with Gasteiger partial charge in [0.1, 0.15) is 5.75 Å². The predicted octanol–water partition coefficient (Wildman–Crippen LogP) is 2.70. The maximum absolute atomic E-state index is 12.6. The highest BCUT2D eigenvalue weighted by Gasteiger charge is 2.26. The van der Waals surface area contributed by atoms with Crippen molar-refractivity contribution in [3.8, 4) is 5.75 Å².